The molecule has 5 rings (SSSR count). The van der Waals surface area contributed by atoms with Crippen molar-refractivity contribution >= 4 is 34.3 Å². The molecule has 1 unspecified atom stereocenters. The number of aryl methyl sites for hydroxylation is 1. The number of amides is 2. The van der Waals surface area contributed by atoms with E-state index in [4.69, 9.17) is 11.6 Å². The predicted molar refractivity (Wildman–Crippen MR) is 135 cm³/mol. The predicted octanol–water partition coefficient (Wildman–Crippen LogP) is 4.73. The van der Waals surface area contributed by atoms with Crippen LogP contribution in [0.4, 0.5) is 0 Å². The van der Waals surface area contributed by atoms with Crippen molar-refractivity contribution < 1.29 is 9.59 Å². The molecule has 0 spiro atoms. The summed E-state index contributed by atoms with van der Waals surface area (Å²) in [6, 6.07) is 14.1. The lowest BCUT2D eigenvalue weighted by Crippen LogP contribution is -2.30. The number of nitrogens with zero attached hydrogens (tertiary/aromatic N) is 1. The minimum Gasteiger partial charge on any atom is -0.357 e. The monoisotopic (exact) mass is 478 g/mol. The number of carbonyl (C=O) groups is 2. The molecule has 1 atom stereocenters. The first-order valence-electron chi connectivity index (χ1n) is 12.3. The Morgan fingerprint density at radius 2 is 1.97 bits per heavy atom. The third-order valence-corrected chi connectivity index (χ3v) is 7.25. The highest BCUT2D eigenvalue weighted by atomic mass is 35.5. The molecule has 2 aliphatic rings. The van der Waals surface area contributed by atoms with Gasteiger partial charge in [0.2, 0.25) is 5.91 Å². The molecule has 1 aromatic heterocycles. The highest BCUT2D eigenvalue weighted by Crippen LogP contribution is 2.35. The number of aromatic amines is 1. The zero-order valence-corrected chi connectivity index (χ0v) is 20.1. The molecular weight excluding hydrogens is 448 g/mol. The quantitative estimate of drug-likeness (QED) is 0.409. The van der Waals surface area contributed by atoms with E-state index >= 15 is 0 Å². The maximum Gasteiger partial charge on any atom is 0.251 e. The molecule has 3 N–H and O–H groups in total. The average molecular weight is 479 g/mol. The van der Waals surface area contributed by atoms with Crippen LogP contribution in [0.15, 0.2) is 42.5 Å². The van der Waals surface area contributed by atoms with E-state index in [1.54, 1.807) is 0 Å². The number of hydrogen-bond donors (Lipinski definition) is 3. The molecule has 1 saturated heterocycles. The third kappa shape index (κ3) is 4.98. The van der Waals surface area contributed by atoms with Gasteiger partial charge < -0.3 is 20.5 Å². The molecule has 2 aromatic carbocycles. The summed E-state index contributed by atoms with van der Waals surface area (Å²) in [4.78, 5) is 30.0. The van der Waals surface area contributed by atoms with E-state index in [9.17, 15) is 9.59 Å². The lowest BCUT2D eigenvalue weighted by molar-refractivity contribution is -0.127. The van der Waals surface area contributed by atoms with Crippen molar-refractivity contribution in [1.82, 2.24) is 20.5 Å². The molecule has 0 bridgehead atoms. The van der Waals surface area contributed by atoms with Crippen LogP contribution in [-0.2, 0) is 17.8 Å². The van der Waals surface area contributed by atoms with Crippen LogP contribution in [-0.4, -0.2) is 41.3 Å². The molecule has 1 aliphatic heterocycles. The number of rotatable bonds is 8. The van der Waals surface area contributed by atoms with Gasteiger partial charge in [0.05, 0.1) is 0 Å². The van der Waals surface area contributed by atoms with Gasteiger partial charge in [-0.15, -0.1) is 0 Å². The summed E-state index contributed by atoms with van der Waals surface area (Å²) in [5.74, 6) is 0.174. The highest BCUT2D eigenvalue weighted by molar-refractivity contribution is 6.30. The van der Waals surface area contributed by atoms with Crippen molar-refractivity contribution in [3.8, 4) is 0 Å². The van der Waals surface area contributed by atoms with E-state index in [1.165, 1.54) is 16.8 Å². The summed E-state index contributed by atoms with van der Waals surface area (Å²) >= 11 is 6.01. The Labute approximate surface area is 205 Å². The van der Waals surface area contributed by atoms with Crippen molar-refractivity contribution in [3.05, 3.63) is 69.9 Å². The number of aromatic nitrogens is 1. The molecular formula is C27H31ClN4O2. The highest BCUT2D eigenvalue weighted by Gasteiger charge is 2.24. The minimum absolute atomic E-state index is 0.0576. The van der Waals surface area contributed by atoms with E-state index in [1.807, 2.05) is 35.2 Å². The van der Waals surface area contributed by atoms with E-state index in [2.05, 4.69) is 27.8 Å². The Hall–Kier alpha value is -2.83. The van der Waals surface area contributed by atoms with E-state index in [-0.39, 0.29) is 17.9 Å². The number of hydrogen-bond acceptors (Lipinski definition) is 3. The van der Waals surface area contributed by atoms with Crippen LogP contribution in [0.1, 0.15) is 65.3 Å². The molecule has 178 valence electrons. The molecule has 2 amide bonds. The summed E-state index contributed by atoms with van der Waals surface area (Å²) in [5, 5.41) is 8.60. The van der Waals surface area contributed by atoms with Crippen LogP contribution >= 0.6 is 11.6 Å². The standard InChI is InChI=1S/C27H31ClN4O2/c28-20-10-7-18(8-11-20)17-30-24-5-1-4-21-22-16-19(9-12-23(22)31-26(21)24)27(34)29-13-3-15-32-14-2-6-25(32)33/h7-12,16,24,30-31H,1-6,13-15,17H2,(H,29,34). The third-order valence-electron chi connectivity index (χ3n) is 7.00. The second-order valence-corrected chi connectivity index (χ2v) is 9.76. The van der Waals surface area contributed by atoms with Crippen LogP contribution in [0.25, 0.3) is 10.9 Å². The van der Waals surface area contributed by atoms with Gasteiger partial charge in [0.1, 0.15) is 0 Å². The fourth-order valence-electron chi connectivity index (χ4n) is 5.17. The molecule has 3 aromatic rings. The van der Waals surface area contributed by atoms with Gasteiger partial charge >= 0.3 is 0 Å². The number of benzene rings is 2. The van der Waals surface area contributed by atoms with Crippen molar-refractivity contribution in [2.24, 2.45) is 0 Å². The normalized spacial score (nSPS) is 17.9. The number of carbonyl (C=O) groups excluding carboxylic acids is 2. The van der Waals surface area contributed by atoms with Gasteiger partial charge in [-0.05, 0) is 73.6 Å². The second kappa shape index (κ2) is 10.2. The molecule has 1 aliphatic carbocycles. The molecule has 6 nitrogen and oxygen atoms in total. The zero-order chi connectivity index (χ0) is 23.5. The molecule has 34 heavy (non-hydrogen) atoms. The summed E-state index contributed by atoms with van der Waals surface area (Å²) in [7, 11) is 0. The lowest BCUT2D eigenvalue weighted by atomic mass is 9.91. The second-order valence-electron chi connectivity index (χ2n) is 9.32. The fourth-order valence-corrected chi connectivity index (χ4v) is 5.29. The van der Waals surface area contributed by atoms with Gasteiger partial charge in [0.15, 0.2) is 0 Å². The van der Waals surface area contributed by atoms with Crippen molar-refractivity contribution in [2.75, 3.05) is 19.6 Å². The van der Waals surface area contributed by atoms with Gasteiger partial charge in [-0.25, -0.2) is 0 Å². The first-order valence-corrected chi connectivity index (χ1v) is 12.6. The summed E-state index contributed by atoms with van der Waals surface area (Å²) in [6.07, 6.45) is 5.60. The van der Waals surface area contributed by atoms with Gasteiger partial charge in [0, 0.05) is 65.8 Å². The Balaban J connectivity index is 1.23. The largest absolute Gasteiger partial charge is 0.357 e. The summed E-state index contributed by atoms with van der Waals surface area (Å²) in [6.45, 7) is 2.92. The van der Waals surface area contributed by atoms with Crippen LogP contribution in [0.2, 0.25) is 5.02 Å². The van der Waals surface area contributed by atoms with Gasteiger partial charge in [-0.3, -0.25) is 9.59 Å². The summed E-state index contributed by atoms with van der Waals surface area (Å²) in [5.41, 5.74) is 5.53. The smallest absolute Gasteiger partial charge is 0.251 e. The van der Waals surface area contributed by atoms with Gasteiger partial charge in [0.25, 0.3) is 5.91 Å². The van der Waals surface area contributed by atoms with Crippen LogP contribution in [0, 0.1) is 0 Å². The lowest BCUT2D eigenvalue weighted by Gasteiger charge is -2.24. The molecule has 0 saturated carbocycles. The zero-order valence-electron chi connectivity index (χ0n) is 19.3. The van der Waals surface area contributed by atoms with E-state index in [0.717, 1.165) is 61.1 Å². The SMILES string of the molecule is O=C(NCCCN1CCCC1=O)c1ccc2[nH]c3c(c2c1)CCCC3NCc1ccc(Cl)cc1. The molecule has 7 heteroatoms. The maximum absolute atomic E-state index is 12.8. The number of likely N-dealkylation sites (tertiary alicyclic amines) is 1. The Kier molecular flexibility index (Phi) is 6.88. The fraction of sp³-hybridized carbons (Fsp3) is 0.407. The topological polar surface area (TPSA) is 77.2 Å². The number of nitrogens with one attached hydrogen (secondary N) is 3. The number of fused-ring (bicyclic) bond motifs is 3. The van der Waals surface area contributed by atoms with Gasteiger partial charge in [-0.2, -0.15) is 0 Å². The van der Waals surface area contributed by atoms with Crippen molar-refractivity contribution in [3.63, 3.8) is 0 Å². The van der Waals surface area contributed by atoms with Crippen molar-refractivity contribution in [2.45, 2.75) is 51.1 Å². The maximum atomic E-state index is 12.8. The summed E-state index contributed by atoms with van der Waals surface area (Å²) < 4.78 is 0. The van der Waals surface area contributed by atoms with E-state index < -0.39 is 0 Å². The Morgan fingerprint density at radius 1 is 1.12 bits per heavy atom. The van der Waals surface area contributed by atoms with Crippen LogP contribution in [0.3, 0.4) is 0 Å². The number of halogens is 1. The molecule has 2 heterocycles. The minimum atomic E-state index is -0.0576. The molecule has 1 fully saturated rings. The molecule has 0 radical (unpaired) electrons. The Bertz CT molecular complexity index is 1190. The first kappa shape index (κ1) is 22.9. The van der Waals surface area contributed by atoms with Crippen LogP contribution < -0.4 is 10.6 Å². The Morgan fingerprint density at radius 3 is 2.76 bits per heavy atom. The first-order chi connectivity index (χ1) is 16.6. The average Bonchev–Trinajstić information content (AvgIpc) is 3.44. The number of H-pyrrole nitrogens is 1. The van der Waals surface area contributed by atoms with E-state index in [0.29, 0.717) is 25.1 Å². The van der Waals surface area contributed by atoms with Crippen molar-refractivity contribution in [1.29, 1.82) is 0 Å². The van der Waals surface area contributed by atoms with Crippen LogP contribution in [0.5, 0.6) is 0 Å². The van der Waals surface area contributed by atoms with Gasteiger partial charge in [-0.1, -0.05) is 23.7 Å².